The number of nitrogens with zero attached hydrogens (tertiary/aromatic N) is 4. The van der Waals surface area contributed by atoms with Gasteiger partial charge in [-0.15, -0.1) is 0 Å². The van der Waals surface area contributed by atoms with E-state index in [1.807, 2.05) is 19.1 Å². The van der Waals surface area contributed by atoms with E-state index in [1.54, 1.807) is 29.9 Å². The first-order chi connectivity index (χ1) is 14.9. The van der Waals surface area contributed by atoms with Crippen molar-refractivity contribution in [3.63, 3.8) is 0 Å². The Bertz CT molecular complexity index is 1350. The first kappa shape index (κ1) is 20.0. The number of amides is 1. The summed E-state index contributed by atoms with van der Waals surface area (Å²) in [7, 11) is 0. The molecule has 0 aliphatic heterocycles. The maximum Gasteiger partial charge on any atom is 0.251 e. The average molecular weight is 415 g/mol. The lowest BCUT2D eigenvalue weighted by atomic mass is 9.99. The molecule has 0 saturated heterocycles. The lowest BCUT2D eigenvalue weighted by molar-refractivity contribution is 0.0996. The Morgan fingerprint density at radius 1 is 1.26 bits per heavy atom. The number of aryl methyl sites for hydroxylation is 1. The molecular weight excluding hydrogens is 397 g/mol. The predicted octanol–water partition coefficient (Wildman–Crippen LogP) is 3.88. The quantitative estimate of drug-likeness (QED) is 0.532. The summed E-state index contributed by atoms with van der Waals surface area (Å²) in [5, 5.41) is 13.7. The van der Waals surface area contributed by atoms with Gasteiger partial charge in [0.25, 0.3) is 5.91 Å². The fraction of sp³-hybridized carbons (Fsp3) is 0.130. The molecule has 0 bridgehead atoms. The SMILES string of the molecule is CCOc1cc(-c2ccc(-c3cc(F)c(C(N)=O)cc3C)nc2)c2c(C#N)cnn2c1. The van der Waals surface area contributed by atoms with Crippen molar-refractivity contribution in [3.8, 4) is 34.2 Å². The van der Waals surface area contributed by atoms with E-state index >= 15 is 0 Å². The highest BCUT2D eigenvalue weighted by Crippen LogP contribution is 2.32. The molecule has 0 unspecified atom stereocenters. The van der Waals surface area contributed by atoms with Gasteiger partial charge in [0.1, 0.15) is 17.6 Å². The molecule has 3 aromatic heterocycles. The van der Waals surface area contributed by atoms with Crippen LogP contribution in [-0.2, 0) is 0 Å². The number of hydrogen-bond acceptors (Lipinski definition) is 5. The largest absolute Gasteiger partial charge is 0.492 e. The number of benzene rings is 1. The van der Waals surface area contributed by atoms with Crippen LogP contribution in [0.25, 0.3) is 27.9 Å². The van der Waals surface area contributed by atoms with Crippen molar-refractivity contribution >= 4 is 11.4 Å². The zero-order chi connectivity index (χ0) is 22.1. The van der Waals surface area contributed by atoms with Gasteiger partial charge in [0.05, 0.1) is 41.3 Å². The van der Waals surface area contributed by atoms with Gasteiger partial charge in [-0.2, -0.15) is 10.4 Å². The molecule has 0 saturated carbocycles. The number of nitrogens with two attached hydrogens (primary N) is 1. The van der Waals surface area contributed by atoms with Gasteiger partial charge in [0, 0.05) is 22.9 Å². The molecule has 1 amide bonds. The number of carbonyl (C=O) groups excluding carboxylic acids is 1. The normalized spacial score (nSPS) is 10.8. The van der Waals surface area contributed by atoms with Gasteiger partial charge in [0.2, 0.25) is 0 Å². The lowest BCUT2D eigenvalue weighted by Gasteiger charge is -2.11. The van der Waals surface area contributed by atoms with Crippen LogP contribution in [0.3, 0.4) is 0 Å². The number of carbonyl (C=O) groups is 1. The van der Waals surface area contributed by atoms with Crippen molar-refractivity contribution in [2.24, 2.45) is 5.73 Å². The summed E-state index contributed by atoms with van der Waals surface area (Å²) in [6.45, 7) is 4.13. The van der Waals surface area contributed by atoms with Crippen molar-refractivity contribution in [1.29, 1.82) is 5.26 Å². The second-order valence-electron chi connectivity index (χ2n) is 6.93. The Morgan fingerprint density at radius 2 is 2.06 bits per heavy atom. The van der Waals surface area contributed by atoms with Crippen LogP contribution in [0.15, 0.2) is 48.9 Å². The molecule has 0 spiro atoms. The number of hydrogen-bond donors (Lipinski definition) is 1. The van der Waals surface area contributed by atoms with E-state index in [0.29, 0.717) is 40.3 Å². The van der Waals surface area contributed by atoms with Gasteiger partial charge in [-0.05, 0) is 43.7 Å². The maximum absolute atomic E-state index is 14.3. The molecule has 8 heteroatoms. The van der Waals surface area contributed by atoms with Crippen LogP contribution in [0.1, 0.15) is 28.4 Å². The molecule has 4 rings (SSSR count). The number of halogens is 1. The zero-order valence-corrected chi connectivity index (χ0v) is 16.9. The molecule has 31 heavy (non-hydrogen) atoms. The highest BCUT2D eigenvalue weighted by atomic mass is 19.1. The second-order valence-corrected chi connectivity index (χ2v) is 6.93. The summed E-state index contributed by atoms with van der Waals surface area (Å²) >= 11 is 0. The van der Waals surface area contributed by atoms with Gasteiger partial charge in [-0.3, -0.25) is 9.78 Å². The Morgan fingerprint density at radius 3 is 2.71 bits per heavy atom. The van der Waals surface area contributed by atoms with Crippen molar-refractivity contribution in [2.75, 3.05) is 6.61 Å². The third-order valence-corrected chi connectivity index (χ3v) is 4.95. The monoisotopic (exact) mass is 415 g/mol. The Balaban J connectivity index is 1.82. The topological polar surface area (TPSA) is 106 Å². The Kier molecular flexibility index (Phi) is 5.09. The van der Waals surface area contributed by atoms with Gasteiger partial charge < -0.3 is 10.5 Å². The summed E-state index contributed by atoms with van der Waals surface area (Å²) in [5.74, 6) is -0.896. The van der Waals surface area contributed by atoms with Crippen LogP contribution in [0.5, 0.6) is 5.75 Å². The van der Waals surface area contributed by atoms with Crippen LogP contribution in [-0.4, -0.2) is 27.1 Å². The van der Waals surface area contributed by atoms with Gasteiger partial charge in [0.15, 0.2) is 0 Å². The molecule has 2 N–H and O–H groups in total. The van der Waals surface area contributed by atoms with Crippen LogP contribution >= 0.6 is 0 Å². The third kappa shape index (κ3) is 3.57. The molecule has 0 atom stereocenters. The molecule has 0 aliphatic rings. The molecule has 7 nitrogen and oxygen atoms in total. The molecule has 0 radical (unpaired) electrons. The van der Waals surface area contributed by atoms with Crippen LogP contribution in [0.2, 0.25) is 0 Å². The van der Waals surface area contributed by atoms with E-state index in [1.165, 1.54) is 18.3 Å². The van der Waals surface area contributed by atoms with Crippen molar-refractivity contribution < 1.29 is 13.9 Å². The number of pyridine rings is 2. The van der Waals surface area contributed by atoms with Gasteiger partial charge >= 0.3 is 0 Å². The first-order valence-corrected chi connectivity index (χ1v) is 9.54. The highest BCUT2D eigenvalue weighted by Gasteiger charge is 2.16. The van der Waals surface area contributed by atoms with Crippen LogP contribution in [0, 0.1) is 24.1 Å². The average Bonchev–Trinajstić information content (AvgIpc) is 3.18. The van der Waals surface area contributed by atoms with Crippen molar-refractivity contribution in [1.82, 2.24) is 14.6 Å². The number of nitriles is 1. The minimum Gasteiger partial charge on any atom is -0.492 e. The summed E-state index contributed by atoms with van der Waals surface area (Å²) in [6.07, 6.45) is 4.87. The van der Waals surface area contributed by atoms with E-state index in [0.717, 1.165) is 11.1 Å². The van der Waals surface area contributed by atoms with E-state index < -0.39 is 11.7 Å². The van der Waals surface area contributed by atoms with Crippen molar-refractivity contribution in [2.45, 2.75) is 13.8 Å². The van der Waals surface area contributed by atoms with Crippen molar-refractivity contribution in [3.05, 3.63) is 71.4 Å². The Labute approximate surface area is 177 Å². The number of aromatic nitrogens is 3. The standard InChI is InChI=1S/C23H18FN5O2/c1-3-31-16-7-18(22-15(9-25)11-28-29(22)12-16)14-4-5-21(27-10-14)17-8-20(24)19(23(26)30)6-13(17)2/h4-8,10-12H,3H2,1-2H3,(H2,26,30). The van der Waals surface area contributed by atoms with Gasteiger partial charge in [-0.25, -0.2) is 8.91 Å². The van der Waals surface area contributed by atoms with Crippen LogP contribution < -0.4 is 10.5 Å². The highest BCUT2D eigenvalue weighted by molar-refractivity contribution is 5.94. The van der Waals surface area contributed by atoms with E-state index in [2.05, 4.69) is 16.2 Å². The molecule has 0 aliphatic carbocycles. The summed E-state index contributed by atoms with van der Waals surface area (Å²) < 4.78 is 21.5. The zero-order valence-electron chi connectivity index (χ0n) is 16.9. The molecule has 4 aromatic rings. The van der Waals surface area contributed by atoms with E-state index in [9.17, 15) is 14.4 Å². The summed E-state index contributed by atoms with van der Waals surface area (Å²) in [5.41, 5.74) is 9.41. The second kappa shape index (κ2) is 7.88. The predicted molar refractivity (Wildman–Crippen MR) is 113 cm³/mol. The van der Waals surface area contributed by atoms with Crippen LogP contribution in [0.4, 0.5) is 4.39 Å². The van der Waals surface area contributed by atoms with E-state index in [4.69, 9.17) is 10.5 Å². The number of rotatable bonds is 5. The smallest absolute Gasteiger partial charge is 0.251 e. The number of fused-ring (bicyclic) bond motifs is 1. The minimum atomic E-state index is -0.817. The van der Waals surface area contributed by atoms with Gasteiger partial charge in [-0.1, -0.05) is 6.07 Å². The summed E-state index contributed by atoms with van der Waals surface area (Å²) in [4.78, 5) is 15.8. The fourth-order valence-electron chi connectivity index (χ4n) is 3.50. The molecule has 154 valence electrons. The minimum absolute atomic E-state index is 0.155. The molecule has 3 heterocycles. The molecular formula is C23H18FN5O2. The summed E-state index contributed by atoms with van der Waals surface area (Å²) in [6, 6.07) is 10.3. The molecule has 0 fully saturated rings. The Hall–Kier alpha value is -4.25. The maximum atomic E-state index is 14.3. The molecule has 1 aromatic carbocycles. The number of ether oxygens (including phenoxy) is 1. The first-order valence-electron chi connectivity index (χ1n) is 9.54. The van der Waals surface area contributed by atoms with E-state index in [-0.39, 0.29) is 5.56 Å². The fourth-order valence-corrected chi connectivity index (χ4v) is 3.50. The lowest BCUT2D eigenvalue weighted by Crippen LogP contribution is -2.13. The number of primary amides is 1. The third-order valence-electron chi connectivity index (χ3n) is 4.95.